The van der Waals surface area contributed by atoms with E-state index in [-0.39, 0.29) is 18.2 Å². The van der Waals surface area contributed by atoms with Gasteiger partial charge >= 0.3 is 0 Å². The maximum absolute atomic E-state index is 14.0. The minimum atomic E-state index is -0.889. The van der Waals surface area contributed by atoms with Crippen LogP contribution in [0.15, 0.2) is 54.9 Å². The summed E-state index contributed by atoms with van der Waals surface area (Å²) in [6.07, 6.45) is 3.07. The van der Waals surface area contributed by atoms with Crippen molar-refractivity contribution in [1.29, 1.82) is 0 Å². The number of carbonyl (C=O) groups excluding carboxylic acids is 2. The number of rotatable bonds is 9. The summed E-state index contributed by atoms with van der Waals surface area (Å²) in [5.41, 5.74) is 2.91. The zero-order chi connectivity index (χ0) is 29.3. The number of carbonyl (C=O) groups is 2. The van der Waals surface area contributed by atoms with Crippen LogP contribution in [0.5, 0.6) is 5.75 Å². The second kappa shape index (κ2) is 11.5. The van der Waals surface area contributed by atoms with E-state index in [0.29, 0.717) is 38.9 Å². The van der Waals surface area contributed by atoms with Crippen LogP contribution < -0.4 is 15.4 Å². The van der Waals surface area contributed by atoms with Crippen LogP contribution in [0.25, 0.3) is 11.1 Å². The van der Waals surface area contributed by atoms with Gasteiger partial charge in [-0.05, 0) is 47.9 Å². The highest BCUT2D eigenvalue weighted by molar-refractivity contribution is 6.33. The van der Waals surface area contributed by atoms with Crippen molar-refractivity contribution in [3.8, 4) is 16.9 Å². The number of amides is 2. The Morgan fingerprint density at radius 1 is 1.17 bits per heavy atom. The number of pyridine rings is 1. The van der Waals surface area contributed by atoms with Crippen LogP contribution in [0.1, 0.15) is 34.5 Å². The van der Waals surface area contributed by atoms with Crippen molar-refractivity contribution in [2.75, 3.05) is 19.0 Å². The van der Waals surface area contributed by atoms with E-state index in [9.17, 15) is 19.1 Å². The fourth-order valence-corrected chi connectivity index (χ4v) is 4.85. The lowest BCUT2D eigenvalue weighted by Gasteiger charge is -2.26. The van der Waals surface area contributed by atoms with Crippen molar-refractivity contribution in [3.63, 3.8) is 0 Å². The first kappa shape index (κ1) is 28.0. The van der Waals surface area contributed by atoms with Crippen LogP contribution in [0.3, 0.4) is 0 Å². The number of hydrogen-bond donors (Lipinski definition) is 3. The molecule has 0 saturated carbocycles. The average Bonchev–Trinajstić information content (AvgIpc) is 3.53. The number of fused-ring (bicyclic) bond motifs is 1. The number of aliphatic hydroxyl groups excluding tert-OH is 1. The number of nitrogens with one attached hydrogen (secondary N) is 2. The molecule has 13 heteroatoms. The molecule has 2 atom stereocenters. The highest BCUT2D eigenvalue weighted by Crippen LogP contribution is 2.34. The molecule has 5 rings (SSSR count). The summed E-state index contributed by atoms with van der Waals surface area (Å²) in [4.78, 5) is 33.7. The predicted molar refractivity (Wildman–Crippen MR) is 149 cm³/mol. The first-order valence-corrected chi connectivity index (χ1v) is 13.0. The van der Waals surface area contributed by atoms with Gasteiger partial charge in [0.2, 0.25) is 5.91 Å². The van der Waals surface area contributed by atoms with Crippen molar-refractivity contribution >= 4 is 35.1 Å². The number of aryl methyl sites for hydroxylation is 1. The van der Waals surface area contributed by atoms with Gasteiger partial charge in [-0.1, -0.05) is 23.7 Å². The van der Waals surface area contributed by atoms with E-state index < -0.39 is 30.4 Å². The molecule has 3 heterocycles. The number of nitrogens with zero attached hydrogens (tertiary/aromatic N) is 5. The molecular formula is C28H27ClFN7O4. The smallest absolute Gasteiger partial charge is 0.255 e. The summed E-state index contributed by atoms with van der Waals surface area (Å²) in [5, 5.41) is 24.3. The molecule has 11 nitrogen and oxygen atoms in total. The molecular weight excluding hydrogens is 553 g/mol. The Hall–Kier alpha value is -4.55. The molecule has 0 spiro atoms. The monoisotopic (exact) mass is 579 g/mol. The predicted octanol–water partition coefficient (Wildman–Crippen LogP) is 3.62. The zero-order valence-corrected chi connectivity index (χ0v) is 23.2. The Bertz CT molecular complexity index is 1630. The van der Waals surface area contributed by atoms with E-state index in [4.69, 9.17) is 16.3 Å². The maximum Gasteiger partial charge on any atom is 0.255 e. The molecule has 0 radical (unpaired) electrons. The summed E-state index contributed by atoms with van der Waals surface area (Å²) >= 11 is 6.46. The Morgan fingerprint density at radius 2 is 1.98 bits per heavy atom. The molecule has 2 unspecified atom stereocenters. The molecule has 2 aromatic carbocycles. The van der Waals surface area contributed by atoms with E-state index in [1.54, 1.807) is 32.3 Å². The van der Waals surface area contributed by atoms with Crippen LogP contribution in [0, 0.1) is 5.82 Å². The van der Waals surface area contributed by atoms with Gasteiger partial charge in [0.25, 0.3) is 5.91 Å². The highest BCUT2D eigenvalue weighted by Gasteiger charge is 2.35. The summed E-state index contributed by atoms with van der Waals surface area (Å²) < 4.78 is 19.1. The lowest BCUT2D eigenvalue weighted by molar-refractivity contribution is -0.126. The number of benzene rings is 2. The van der Waals surface area contributed by atoms with Crippen molar-refractivity contribution in [2.24, 2.45) is 7.05 Å². The lowest BCUT2D eigenvalue weighted by atomic mass is 10.0. The Morgan fingerprint density at radius 3 is 2.68 bits per heavy atom. The second-order valence-electron chi connectivity index (χ2n) is 9.54. The van der Waals surface area contributed by atoms with E-state index in [0.717, 1.165) is 5.56 Å². The van der Waals surface area contributed by atoms with Crippen molar-refractivity contribution < 1.29 is 23.8 Å². The van der Waals surface area contributed by atoms with Crippen LogP contribution in [0.2, 0.25) is 5.02 Å². The average molecular weight is 580 g/mol. The molecule has 1 aliphatic heterocycles. The molecule has 0 bridgehead atoms. The molecule has 0 aliphatic carbocycles. The molecule has 212 valence electrons. The number of aromatic nitrogens is 4. The third-order valence-corrected chi connectivity index (χ3v) is 7.14. The van der Waals surface area contributed by atoms with E-state index in [2.05, 4.69) is 25.8 Å². The number of hydrogen-bond acceptors (Lipinski definition) is 8. The fourth-order valence-electron chi connectivity index (χ4n) is 4.64. The molecule has 1 aliphatic rings. The zero-order valence-electron chi connectivity index (χ0n) is 22.4. The first-order chi connectivity index (χ1) is 19.7. The van der Waals surface area contributed by atoms with E-state index >= 15 is 0 Å². The van der Waals surface area contributed by atoms with Crippen molar-refractivity contribution in [1.82, 2.24) is 30.2 Å². The van der Waals surface area contributed by atoms with Gasteiger partial charge in [0.05, 0.1) is 31.0 Å². The minimum absolute atomic E-state index is 0.226. The number of methoxy groups -OCH3 is 1. The van der Waals surface area contributed by atoms with Crippen molar-refractivity contribution in [3.05, 3.63) is 82.4 Å². The van der Waals surface area contributed by atoms with Crippen LogP contribution >= 0.6 is 11.6 Å². The Kier molecular flexibility index (Phi) is 7.86. The summed E-state index contributed by atoms with van der Waals surface area (Å²) in [6.45, 7) is 1.36. The molecule has 0 saturated heterocycles. The van der Waals surface area contributed by atoms with Crippen molar-refractivity contribution in [2.45, 2.75) is 25.6 Å². The van der Waals surface area contributed by atoms with E-state index in [1.807, 2.05) is 12.1 Å². The maximum atomic E-state index is 14.0. The van der Waals surface area contributed by atoms with Gasteiger partial charge in [-0.2, -0.15) is 9.90 Å². The Labute approximate surface area is 239 Å². The van der Waals surface area contributed by atoms with Crippen LogP contribution in [-0.4, -0.2) is 61.6 Å². The molecule has 3 N–H and O–H groups in total. The molecule has 2 amide bonds. The third kappa shape index (κ3) is 5.83. The fraction of sp³-hybridized carbons (Fsp3) is 0.250. The topological polar surface area (TPSA) is 134 Å². The number of aliphatic hydroxyl groups is 1. The summed E-state index contributed by atoms with van der Waals surface area (Å²) in [7, 11) is 3.10. The van der Waals surface area contributed by atoms with Gasteiger partial charge in [-0.15, -0.1) is 5.10 Å². The first-order valence-electron chi connectivity index (χ1n) is 12.7. The van der Waals surface area contributed by atoms with Crippen LogP contribution in [0.4, 0.5) is 16.0 Å². The van der Waals surface area contributed by atoms with Gasteiger partial charge < -0.3 is 25.4 Å². The summed E-state index contributed by atoms with van der Waals surface area (Å²) in [6, 6.07) is 9.37. The number of halogens is 2. The van der Waals surface area contributed by atoms with Gasteiger partial charge in [-0.25, -0.2) is 9.37 Å². The number of ether oxygens (including phenoxy) is 1. The molecule has 4 aromatic rings. The SMILES string of the molecule is COc1cc(F)cc(C(CO)NC(=O)C(C)N2Cc3ccc(-c4cc(Nc5cnn(C)n5)ncc4Cl)cc3C2=O)c1. The van der Waals surface area contributed by atoms with Crippen LogP contribution in [-0.2, 0) is 18.4 Å². The van der Waals surface area contributed by atoms with Gasteiger partial charge in [-0.3, -0.25) is 9.59 Å². The molecule has 0 fully saturated rings. The Balaban J connectivity index is 1.33. The minimum Gasteiger partial charge on any atom is -0.497 e. The number of anilines is 2. The largest absolute Gasteiger partial charge is 0.497 e. The van der Waals surface area contributed by atoms with E-state index in [1.165, 1.54) is 41.2 Å². The highest BCUT2D eigenvalue weighted by atomic mass is 35.5. The molecule has 2 aromatic heterocycles. The third-order valence-electron chi connectivity index (χ3n) is 6.84. The molecule has 41 heavy (non-hydrogen) atoms. The van der Waals surface area contributed by atoms with Gasteiger partial charge in [0.1, 0.15) is 23.4 Å². The standard InChI is InChI=1S/C28H27ClFN7O4/c1-15(27(39)33-24(14-38)18-6-19(30)9-20(7-18)41-3)37-13-17-5-4-16(8-22(17)28(37)40)21-10-25(31-11-23(21)29)34-26-12-32-36(2)35-26/h4-12,15,24,38H,13-14H2,1-3H3,(H,33,39)(H,31,34,35). The summed E-state index contributed by atoms with van der Waals surface area (Å²) in [5.74, 6) is -0.107. The van der Waals surface area contributed by atoms with Gasteiger partial charge in [0, 0.05) is 37.0 Å². The second-order valence-corrected chi connectivity index (χ2v) is 9.95. The van der Waals surface area contributed by atoms with Gasteiger partial charge in [0.15, 0.2) is 5.82 Å². The lowest BCUT2D eigenvalue weighted by Crippen LogP contribution is -2.46. The quantitative estimate of drug-likeness (QED) is 0.274. The normalized spacial score (nSPS) is 14.0.